The molecule has 0 radical (unpaired) electrons. The summed E-state index contributed by atoms with van der Waals surface area (Å²) in [6, 6.07) is 8.58. The van der Waals surface area contributed by atoms with E-state index in [1.165, 1.54) is 5.56 Å². The summed E-state index contributed by atoms with van der Waals surface area (Å²) in [5.74, 6) is -0.549. The Morgan fingerprint density at radius 1 is 1.08 bits per heavy atom. The number of carbonyl (C=O) groups is 3. The monoisotopic (exact) mass is 768 g/mol. The van der Waals surface area contributed by atoms with Gasteiger partial charge in [-0.2, -0.15) is 0 Å². The number of carbonyl (C=O) groups excluding carboxylic acids is 3. The van der Waals surface area contributed by atoms with E-state index in [1.807, 2.05) is 62.4 Å². The number of likely N-dealkylation sites (N-methyl/N-ethyl adjacent to an activating group) is 2. The highest BCUT2D eigenvalue weighted by molar-refractivity contribution is 7.80. The third-order valence-corrected chi connectivity index (χ3v) is 12.2. The van der Waals surface area contributed by atoms with Crippen molar-refractivity contribution >= 4 is 46.3 Å². The van der Waals surface area contributed by atoms with E-state index in [-0.39, 0.29) is 65.9 Å². The van der Waals surface area contributed by atoms with Gasteiger partial charge in [-0.05, 0) is 55.2 Å². The van der Waals surface area contributed by atoms with E-state index in [2.05, 4.69) is 60.4 Å². The fraction of sp³-hybridized carbons (Fsp3) is 0.634. The van der Waals surface area contributed by atoms with Crippen molar-refractivity contribution in [3.8, 4) is 0 Å². The van der Waals surface area contributed by atoms with Gasteiger partial charge in [0.05, 0.1) is 30.7 Å². The van der Waals surface area contributed by atoms with Crippen LogP contribution in [0.1, 0.15) is 90.8 Å². The highest BCUT2D eigenvalue weighted by atomic mass is 32.1. The van der Waals surface area contributed by atoms with Crippen molar-refractivity contribution < 1.29 is 19.1 Å². The van der Waals surface area contributed by atoms with Crippen LogP contribution in [0.2, 0.25) is 0 Å². The van der Waals surface area contributed by atoms with Crippen LogP contribution < -0.4 is 16.0 Å². The summed E-state index contributed by atoms with van der Waals surface area (Å²) in [5, 5.41) is 12.6. The topological polar surface area (TPSA) is 116 Å². The SMILES string of the molecule is C=C(C(=S)N[C@@H](Cc1ccccc1)c1nccs1)[C@@H](C)[C@@H]1CCCN1C(=O)C[C@@H](OC)[C@H]([C@@H](C)CC)N(C)C(=O)[C@@H](NC(=O)[C@@H](NC)C(C)C)C(C)C. The van der Waals surface area contributed by atoms with E-state index in [0.29, 0.717) is 11.5 Å². The Bertz CT molecular complexity index is 1490. The van der Waals surface area contributed by atoms with Crippen molar-refractivity contribution in [2.45, 2.75) is 117 Å². The molecule has 1 aromatic carbocycles. The van der Waals surface area contributed by atoms with Crippen LogP contribution in [-0.2, 0) is 25.5 Å². The largest absolute Gasteiger partial charge is 0.379 e. The van der Waals surface area contributed by atoms with Gasteiger partial charge in [0.2, 0.25) is 17.7 Å². The smallest absolute Gasteiger partial charge is 0.245 e. The third kappa shape index (κ3) is 11.7. The van der Waals surface area contributed by atoms with E-state index >= 15 is 0 Å². The number of nitrogens with zero attached hydrogens (tertiary/aromatic N) is 3. The summed E-state index contributed by atoms with van der Waals surface area (Å²) < 4.78 is 6.06. The van der Waals surface area contributed by atoms with E-state index in [9.17, 15) is 14.4 Å². The average molecular weight is 769 g/mol. The van der Waals surface area contributed by atoms with Gasteiger partial charge >= 0.3 is 0 Å². The second kappa shape index (κ2) is 21.0. The molecule has 1 aliphatic heterocycles. The first-order valence-corrected chi connectivity index (χ1v) is 20.4. The third-order valence-electron chi connectivity index (χ3n) is 10.9. The van der Waals surface area contributed by atoms with Gasteiger partial charge in [0.25, 0.3) is 0 Å². The Morgan fingerprint density at radius 2 is 1.74 bits per heavy atom. The zero-order valence-corrected chi connectivity index (χ0v) is 35.2. The molecule has 1 fully saturated rings. The van der Waals surface area contributed by atoms with Crippen LogP contribution in [0.3, 0.4) is 0 Å². The number of benzene rings is 1. The number of likely N-dealkylation sites (tertiary alicyclic amines) is 1. The fourth-order valence-corrected chi connectivity index (χ4v) is 8.55. The Morgan fingerprint density at radius 3 is 2.28 bits per heavy atom. The van der Waals surface area contributed by atoms with Gasteiger partial charge in [-0.15, -0.1) is 11.3 Å². The highest BCUT2D eigenvalue weighted by Gasteiger charge is 2.41. The molecule has 0 aliphatic carbocycles. The number of methoxy groups -OCH3 is 1. The molecule has 2 aromatic rings. The van der Waals surface area contributed by atoms with Crippen LogP contribution in [0.5, 0.6) is 0 Å². The Hall–Kier alpha value is -3.19. The van der Waals surface area contributed by atoms with Gasteiger partial charge in [0.15, 0.2) is 0 Å². The quantitative estimate of drug-likeness (QED) is 0.108. The van der Waals surface area contributed by atoms with Crippen LogP contribution in [0, 0.1) is 23.7 Å². The van der Waals surface area contributed by atoms with Crippen LogP contribution in [0.25, 0.3) is 0 Å². The van der Waals surface area contributed by atoms with E-state index in [4.69, 9.17) is 17.0 Å². The Labute approximate surface area is 327 Å². The summed E-state index contributed by atoms with van der Waals surface area (Å²) >= 11 is 7.55. The minimum atomic E-state index is -0.725. The highest BCUT2D eigenvalue weighted by Crippen LogP contribution is 2.32. The molecule has 12 heteroatoms. The summed E-state index contributed by atoms with van der Waals surface area (Å²) in [7, 11) is 5.13. The number of nitrogens with one attached hydrogen (secondary N) is 3. The van der Waals surface area contributed by atoms with Gasteiger partial charge < -0.3 is 30.5 Å². The second-order valence-corrected chi connectivity index (χ2v) is 16.6. The van der Waals surface area contributed by atoms with E-state index < -0.39 is 18.2 Å². The lowest BCUT2D eigenvalue weighted by Gasteiger charge is -2.40. The minimum absolute atomic E-state index is 0.0146. The van der Waals surface area contributed by atoms with Gasteiger partial charge in [0, 0.05) is 44.2 Å². The molecule has 8 atom stereocenters. The Kier molecular flexibility index (Phi) is 17.6. The molecule has 3 amide bonds. The molecule has 0 spiro atoms. The van der Waals surface area contributed by atoms with Crippen molar-refractivity contribution in [1.82, 2.24) is 30.7 Å². The predicted octanol–water partition coefficient (Wildman–Crippen LogP) is 6.19. The van der Waals surface area contributed by atoms with Crippen LogP contribution >= 0.6 is 23.6 Å². The number of thiazole rings is 1. The molecule has 3 N–H and O–H groups in total. The maximum atomic E-state index is 14.2. The summed E-state index contributed by atoms with van der Waals surface area (Å²) in [6.07, 6.45) is 4.63. The zero-order valence-electron chi connectivity index (χ0n) is 33.6. The number of thiocarbonyl (C=S) groups is 1. The number of hydrogen-bond acceptors (Lipinski definition) is 8. The summed E-state index contributed by atoms with van der Waals surface area (Å²) in [6.45, 7) is 19.1. The van der Waals surface area contributed by atoms with Crippen LogP contribution in [-0.4, -0.2) is 95.5 Å². The van der Waals surface area contributed by atoms with Gasteiger partial charge in [0.1, 0.15) is 16.0 Å². The molecule has 1 aliphatic rings. The summed E-state index contributed by atoms with van der Waals surface area (Å²) in [5.41, 5.74) is 1.98. The molecule has 3 rings (SSSR count). The zero-order chi connectivity index (χ0) is 39.4. The average Bonchev–Trinajstić information content (AvgIpc) is 3.86. The molecule has 0 saturated carbocycles. The molecule has 2 heterocycles. The normalized spacial score (nSPS) is 18.5. The molecule has 0 bridgehead atoms. The van der Waals surface area contributed by atoms with Gasteiger partial charge in [-0.1, -0.05) is 104 Å². The number of aromatic nitrogens is 1. The van der Waals surface area contributed by atoms with Crippen molar-refractivity contribution in [2.24, 2.45) is 23.7 Å². The van der Waals surface area contributed by atoms with E-state index in [0.717, 1.165) is 36.3 Å². The first-order chi connectivity index (χ1) is 25.2. The van der Waals surface area contributed by atoms with Crippen molar-refractivity contribution in [3.63, 3.8) is 0 Å². The maximum Gasteiger partial charge on any atom is 0.245 e. The molecule has 294 valence electrons. The van der Waals surface area contributed by atoms with E-state index in [1.54, 1.807) is 37.4 Å². The Balaban J connectivity index is 1.75. The number of rotatable bonds is 20. The van der Waals surface area contributed by atoms with Crippen LogP contribution in [0.15, 0.2) is 54.1 Å². The van der Waals surface area contributed by atoms with Crippen LogP contribution in [0.4, 0.5) is 0 Å². The second-order valence-electron chi connectivity index (χ2n) is 15.2. The molecule has 10 nitrogen and oxygen atoms in total. The minimum Gasteiger partial charge on any atom is -0.379 e. The van der Waals surface area contributed by atoms with Crippen molar-refractivity contribution in [3.05, 3.63) is 64.6 Å². The molecule has 1 aromatic heterocycles. The standard InChI is InChI=1S/C41H64N6O4S2/c1-12-27(6)37(46(10)41(50)36(26(4)5)45-38(49)35(42-9)25(2)3)33(51-11)24-34(48)47-21-16-19-32(47)28(7)29(8)39(52)44-31(40-43-20-22-53-40)23-30-17-14-13-15-18-30/h13-15,17-18,20,22,25-28,31-33,35-37,42H,8,12,16,19,21,23-24H2,1-7,9-11H3,(H,44,52)(H,45,49)/t27-,28+,31-,32-,33+,35-,36-,37-/m0/s1. The van der Waals surface area contributed by atoms with Crippen molar-refractivity contribution in [2.75, 3.05) is 27.7 Å². The lowest BCUT2D eigenvalue weighted by molar-refractivity contribution is -0.146. The first kappa shape index (κ1) is 44.2. The lowest BCUT2D eigenvalue weighted by atomic mass is 9.89. The molecule has 0 unspecified atom stereocenters. The number of hydrogen-bond donors (Lipinski definition) is 3. The lowest BCUT2D eigenvalue weighted by Crippen LogP contribution is -2.59. The predicted molar refractivity (Wildman–Crippen MR) is 220 cm³/mol. The number of amides is 3. The molecular weight excluding hydrogens is 705 g/mol. The fourth-order valence-electron chi connectivity index (χ4n) is 7.53. The summed E-state index contributed by atoms with van der Waals surface area (Å²) in [4.78, 5) is 50.4. The molecule has 53 heavy (non-hydrogen) atoms. The number of ether oxygens (including phenoxy) is 1. The molecule has 1 saturated heterocycles. The van der Waals surface area contributed by atoms with Gasteiger partial charge in [-0.3, -0.25) is 14.4 Å². The van der Waals surface area contributed by atoms with Crippen molar-refractivity contribution in [1.29, 1.82) is 0 Å². The maximum absolute atomic E-state index is 14.2. The molecular formula is C41H64N6O4S2. The first-order valence-electron chi connectivity index (χ1n) is 19.2. The van der Waals surface area contributed by atoms with Gasteiger partial charge in [-0.25, -0.2) is 4.98 Å².